The van der Waals surface area contributed by atoms with Gasteiger partial charge in [-0.05, 0) is 31.2 Å². The summed E-state index contributed by atoms with van der Waals surface area (Å²) in [5, 5.41) is 2.73. The topological polar surface area (TPSA) is 80.0 Å². The Hall–Kier alpha value is -2.40. The number of para-hydroxylation sites is 1. The molecule has 1 amide bonds. The number of aromatic nitrogens is 1. The molecule has 1 heterocycles. The molecule has 2 rings (SSSR count). The van der Waals surface area contributed by atoms with Crippen molar-refractivity contribution in [2.75, 3.05) is 10.7 Å². The summed E-state index contributed by atoms with van der Waals surface area (Å²) in [6.07, 6.45) is 0. The van der Waals surface area contributed by atoms with Crippen molar-refractivity contribution in [1.82, 2.24) is 4.98 Å². The molecule has 0 bridgehead atoms. The molecule has 0 fully saturated rings. The van der Waals surface area contributed by atoms with Crippen molar-refractivity contribution in [3.8, 4) is 0 Å². The fourth-order valence-corrected chi connectivity index (χ4v) is 1.60. The highest BCUT2D eigenvalue weighted by Crippen LogP contribution is 2.15. The fourth-order valence-electron chi connectivity index (χ4n) is 1.60. The quantitative estimate of drug-likeness (QED) is 0.567. The third-order valence-electron chi connectivity index (χ3n) is 2.46. The third kappa shape index (κ3) is 2.64. The molecule has 0 saturated heterocycles. The van der Waals surface area contributed by atoms with Crippen LogP contribution in [0.4, 0.5) is 11.5 Å². The van der Waals surface area contributed by atoms with Crippen LogP contribution in [0.25, 0.3) is 0 Å². The monoisotopic (exact) mass is 242 g/mol. The number of hydrogen-bond donors (Lipinski definition) is 3. The van der Waals surface area contributed by atoms with Gasteiger partial charge in [0.15, 0.2) is 0 Å². The Morgan fingerprint density at radius 3 is 2.67 bits per heavy atom. The van der Waals surface area contributed by atoms with E-state index in [2.05, 4.69) is 15.7 Å². The molecular formula is C13H14N4O. The minimum atomic E-state index is -0.248. The maximum absolute atomic E-state index is 12.1. The zero-order chi connectivity index (χ0) is 13.0. The maximum Gasteiger partial charge on any atom is 0.258 e. The second-order valence-electron chi connectivity index (χ2n) is 3.81. The molecule has 4 N–H and O–H groups in total. The fraction of sp³-hybridized carbons (Fsp3) is 0.0769. The number of nitrogens with zero attached hydrogens (tertiary/aromatic N) is 1. The molecule has 0 saturated carbocycles. The van der Waals surface area contributed by atoms with Gasteiger partial charge in [0.2, 0.25) is 0 Å². The van der Waals surface area contributed by atoms with Crippen LogP contribution in [0, 0.1) is 6.92 Å². The summed E-state index contributed by atoms with van der Waals surface area (Å²) in [4.78, 5) is 16.3. The third-order valence-corrected chi connectivity index (χ3v) is 2.46. The molecule has 5 heteroatoms. The zero-order valence-electron chi connectivity index (χ0n) is 9.97. The Balaban J connectivity index is 2.22. The second kappa shape index (κ2) is 5.29. The van der Waals surface area contributed by atoms with E-state index in [4.69, 9.17) is 5.84 Å². The van der Waals surface area contributed by atoms with Gasteiger partial charge in [-0.25, -0.2) is 4.98 Å². The van der Waals surface area contributed by atoms with E-state index in [-0.39, 0.29) is 5.91 Å². The van der Waals surface area contributed by atoms with E-state index in [9.17, 15) is 4.79 Å². The van der Waals surface area contributed by atoms with Gasteiger partial charge in [-0.3, -0.25) is 10.6 Å². The van der Waals surface area contributed by atoms with E-state index in [1.54, 1.807) is 30.3 Å². The minimum Gasteiger partial charge on any atom is -0.323 e. The number of benzene rings is 1. The van der Waals surface area contributed by atoms with Gasteiger partial charge < -0.3 is 10.7 Å². The summed E-state index contributed by atoms with van der Waals surface area (Å²) >= 11 is 0. The van der Waals surface area contributed by atoms with Crippen molar-refractivity contribution >= 4 is 17.4 Å². The first-order valence-corrected chi connectivity index (χ1v) is 5.51. The molecule has 0 spiro atoms. The van der Waals surface area contributed by atoms with E-state index in [1.165, 1.54) is 0 Å². The molecule has 0 aliphatic carbocycles. The van der Waals surface area contributed by atoms with Gasteiger partial charge in [-0.15, -0.1) is 0 Å². The van der Waals surface area contributed by atoms with Crippen LogP contribution in [-0.4, -0.2) is 10.9 Å². The molecule has 0 aliphatic heterocycles. The van der Waals surface area contributed by atoms with Crippen molar-refractivity contribution in [3.63, 3.8) is 0 Å². The first-order valence-electron chi connectivity index (χ1n) is 5.51. The smallest absolute Gasteiger partial charge is 0.258 e. The van der Waals surface area contributed by atoms with Gasteiger partial charge in [0, 0.05) is 5.69 Å². The Bertz CT molecular complexity index is 568. The Kier molecular flexibility index (Phi) is 3.54. The molecule has 1 aromatic carbocycles. The molecule has 2 aromatic rings. The van der Waals surface area contributed by atoms with Crippen LogP contribution in [0.15, 0.2) is 42.5 Å². The van der Waals surface area contributed by atoms with Gasteiger partial charge in [0.1, 0.15) is 5.82 Å². The Morgan fingerprint density at radius 1 is 1.17 bits per heavy atom. The van der Waals surface area contributed by atoms with Gasteiger partial charge in [0.25, 0.3) is 5.91 Å². The van der Waals surface area contributed by atoms with Crippen LogP contribution in [-0.2, 0) is 0 Å². The number of pyridine rings is 1. The lowest BCUT2D eigenvalue weighted by Gasteiger charge is -2.09. The average Bonchev–Trinajstić information content (AvgIpc) is 2.38. The van der Waals surface area contributed by atoms with Crippen LogP contribution in [0.2, 0.25) is 0 Å². The molecule has 5 nitrogen and oxygen atoms in total. The maximum atomic E-state index is 12.1. The normalized spacial score (nSPS) is 9.89. The molecule has 92 valence electrons. The van der Waals surface area contributed by atoms with Crippen LogP contribution in [0.5, 0.6) is 0 Å². The molecule has 0 radical (unpaired) electrons. The van der Waals surface area contributed by atoms with Crippen molar-refractivity contribution in [1.29, 1.82) is 0 Å². The summed E-state index contributed by atoms with van der Waals surface area (Å²) in [6.45, 7) is 1.87. The van der Waals surface area contributed by atoms with Crippen molar-refractivity contribution in [3.05, 3.63) is 53.7 Å². The zero-order valence-corrected chi connectivity index (χ0v) is 9.97. The predicted molar refractivity (Wildman–Crippen MR) is 71.2 cm³/mol. The van der Waals surface area contributed by atoms with Crippen molar-refractivity contribution < 1.29 is 4.79 Å². The summed E-state index contributed by atoms with van der Waals surface area (Å²) in [5.41, 5.74) is 4.38. The van der Waals surface area contributed by atoms with Gasteiger partial charge in [-0.2, -0.15) is 0 Å². The van der Waals surface area contributed by atoms with Gasteiger partial charge in [-0.1, -0.05) is 18.2 Å². The number of hydrogen-bond acceptors (Lipinski definition) is 4. The summed E-state index contributed by atoms with van der Waals surface area (Å²) in [7, 11) is 0. The van der Waals surface area contributed by atoms with Crippen LogP contribution in [0.1, 0.15) is 16.1 Å². The standard InChI is InChI=1S/C13H14N4O/c1-9-5-4-8-12(15-9)16-13(18)10-6-2-3-7-11(10)17-14/h2-8,17H,14H2,1H3,(H,15,16,18). The van der Waals surface area contributed by atoms with Crippen molar-refractivity contribution in [2.24, 2.45) is 5.84 Å². The number of rotatable bonds is 3. The van der Waals surface area contributed by atoms with E-state index < -0.39 is 0 Å². The molecular weight excluding hydrogens is 228 g/mol. The average molecular weight is 242 g/mol. The Morgan fingerprint density at radius 2 is 1.94 bits per heavy atom. The highest BCUT2D eigenvalue weighted by Gasteiger charge is 2.10. The number of nitrogens with two attached hydrogens (primary N) is 1. The number of nitrogen functional groups attached to an aromatic ring is 1. The van der Waals surface area contributed by atoms with Crippen LogP contribution in [0.3, 0.4) is 0 Å². The van der Waals surface area contributed by atoms with Crippen LogP contribution < -0.4 is 16.6 Å². The Labute approximate surface area is 105 Å². The second-order valence-corrected chi connectivity index (χ2v) is 3.81. The lowest BCUT2D eigenvalue weighted by molar-refractivity contribution is 0.102. The van der Waals surface area contributed by atoms with Gasteiger partial charge in [0.05, 0.1) is 11.3 Å². The lowest BCUT2D eigenvalue weighted by Crippen LogP contribution is -2.17. The molecule has 0 atom stereocenters. The number of hydrazine groups is 1. The number of aryl methyl sites for hydroxylation is 1. The largest absolute Gasteiger partial charge is 0.323 e. The first-order chi connectivity index (χ1) is 8.70. The number of carbonyl (C=O) groups excluding carboxylic acids is 1. The minimum absolute atomic E-state index is 0.248. The van der Waals surface area contributed by atoms with E-state index in [0.717, 1.165) is 5.69 Å². The number of carbonyl (C=O) groups is 1. The number of nitrogens with one attached hydrogen (secondary N) is 2. The molecule has 0 unspecified atom stereocenters. The van der Waals surface area contributed by atoms with E-state index >= 15 is 0 Å². The SMILES string of the molecule is Cc1cccc(NC(=O)c2ccccc2NN)n1. The number of anilines is 2. The van der Waals surface area contributed by atoms with Crippen molar-refractivity contribution in [2.45, 2.75) is 6.92 Å². The lowest BCUT2D eigenvalue weighted by atomic mass is 10.1. The van der Waals surface area contributed by atoms with Crippen LogP contribution >= 0.6 is 0 Å². The summed E-state index contributed by atoms with van der Waals surface area (Å²) in [5.74, 6) is 5.63. The van der Waals surface area contributed by atoms with Gasteiger partial charge >= 0.3 is 0 Å². The summed E-state index contributed by atoms with van der Waals surface area (Å²) < 4.78 is 0. The molecule has 1 aromatic heterocycles. The first kappa shape index (κ1) is 12.1. The highest BCUT2D eigenvalue weighted by atomic mass is 16.1. The molecule has 18 heavy (non-hydrogen) atoms. The molecule has 0 aliphatic rings. The highest BCUT2D eigenvalue weighted by molar-refractivity contribution is 6.07. The van der Waals surface area contributed by atoms with E-state index in [0.29, 0.717) is 17.1 Å². The summed E-state index contributed by atoms with van der Waals surface area (Å²) in [6, 6.07) is 12.5. The van der Waals surface area contributed by atoms with E-state index in [1.807, 2.05) is 19.1 Å². The predicted octanol–water partition coefficient (Wildman–Crippen LogP) is 1.93. The number of amides is 1.